The summed E-state index contributed by atoms with van der Waals surface area (Å²) in [5, 5.41) is 7.94. The molecule has 0 spiro atoms. The minimum absolute atomic E-state index is 0.104. The minimum Gasteiger partial charge on any atom is -0.217 e. The average molecular weight is 175 g/mol. The molecule has 2 aromatic rings. The Hall–Kier alpha value is -1.38. The summed E-state index contributed by atoms with van der Waals surface area (Å²) in [4.78, 5) is 0. The van der Waals surface area contributed by atoms with Crippen LogP contribution in [0.5, 0.6) is 0 Å². The fraction of sp³-hybridized carbons (Fsp3) is 0.400. The van der Waals surface area contributed by atoms with Gasteiger partial charge in [0.15, 0.2) is 0 Å². The van der Waals surface area contributed by atoms with Gasteiger partial charge in [0.1, 0.15) is 0 Å². The summed E-state index contributed by atoms with van der Waals surface area (Å²) in [5.74, 6) is 0. The maximum absolute atomic E-state index is 4.05. The fourth-order valence-electron chi connectivity index (χ4n) is 1.42. The van der Waals surface area contributed by atoms with E-state index in [1.807, 2.05) is 16.6 Å². The lowest BCUT2D eigenvalue weighted by Crippen LogP contribution is -2.16. The van der Waals surface area contributed by atoms with Crippen molar-refractivity contribution >= 4 is 5.52 Å². The van der Waals surface area contributed by atoms with Gasteiger partial charge in [-0.15, -0.1) is 5.10 Å². The molecule has 0 aliphatic rings. The van der Waals surface area contributed by atoms with Gasteiger partial charge in [0.25, 0.3) is 0 Å². The lowest BCUT2D eigenvalue weighted by molar-refractivity contribution is 0.544. The predicted octanol–water partition coefficient (Wildman–Crippen LogP) is 2.03. The van der Waals surface area contributed by atoms with E-state index in [0.717, 1.165) is 5.52 Å². The van der Waals surface area contributed by atoms with E-state index in [2.05, 4.69) is 37.1 Å². The van der Waals surface area contributed by atoms with E-state index in [-0.39, 0.29) is 5.41 Å². The summed E-state index contributed by atoms with van der Waals surface area (Å²) < 4.78 is 1.89. The second-order valence-corrected chi connectivity index (χ2v) is 4.23. The van der Waals surface area contributed by atoms with Gasteiger partial charge in [0.2, 0.25) is 0 Å². The van der Waals surface area contributed by atoms with Crippen molar-refractivity contribution in [1.29, 1.82) is 0 Å². The van der Waals surface area contributed by atoms with E-state index >= 15 is 0 Å². The molecule has 0 aliphatic carbocycles. The molecule has 0 N–H and O–H groups in total. The summed E-state index contributed by atoms with van der Waals surface area (Å²) in [7, 11) is 0. The number of fused-ring (bicyclic) bond motifs is 1. The van der Waals surface area contributed by atoms with Crippen LogP contribution in [0.2, 0.25) is 0 Å². The molecule has 0 unspecified atom stereocenters. The highest BCUT2D eigenvalue weighted by atomic mass is 15.4. The van der Waals surface area contributed by atoms with E-state index in [9.17, 15) is 0 Å². The van der Waals surface area contributed by atoms with Crippen molar-refractivity contribution in [2.45, 2.75) is 26.2 Å². The molecule has 13 heavy (non-hydrogen) atoms. The first-order chi connectivity index (χ1) is 6.09. The van der Waals surface area contributed by atoms with Gasteiger partial charge in [-0.25, -0.2) is 4.52 Å². The Morgan fingerprint density at radius 2 is 2.00 bits per heavy atom. The fourth-order valence-corrected chi connectivity index (χ4v) is 1.42. The van der Waals surface area contributed by atoms with E-state index in [4.69, 9.17) is 0 Å². The Morgan fingerprint density at radius 1 is 1.23 bits per heavy atom. The topological polar surface area (TPSA) is 30.2 Å². The first-order valence-electron chi connectivity index (χ1n) is 4.39. The minimum atomic E-state index is 0.104. The van der Waals surface area contributed by atoms with Crippen LogP contribution in [0.25, 0.3) is 5.52 Å². The number of hydrogen-bond donors (Lipinski definition) is 0. The van der Waals surface area contributed by atoms with Crippen molar-refractivity contribution < 1.29 is 0 Å². The molecule has 0 atom stereocenters. The van der Waals surface area contributed by atoms with Crippen LogP contribution in [0.4, 0.5) is 0 Å². The summed E-state index contributed by atoms with van der Waals surface area (Å²) in [6.07, 6.45) is 1.77. The lowest BCUT2D eigenvalue weighted by atomic mass is 9.91. The summed E-state index contributed by atoms with van der Waals surface area (Å²) in [6, 6.07) is 6.14. The molecule has 0 saturated carbocycles. The summed E-state index contributed by atoms with van der Waals surface area (Å²) in [6.45, 7) is 6.51. The van der Waals surface area contributed by atoms with Crippen LogP contribution in [0.1, 0.15) is 26.5 Å². The number of nitrogens with zero attached hydrogens (tertiary/aromatic N) is 3. The molecule has 2 aromatic heterocycles. The Labute approximate surface area is 77.4 Å². The maximum Gasteiger partial charge on any atom is 0.0868 e. The normalized spacial score (nSPS) is 12.2. The number of rotatable bonds is 0. The van der Waals surface area contributed by atoms with Gasteiger partial charge in [-0.1, -0.05) is 32.1 Å². The molecule has 0 fully saturated rings. The zero-order chi connectivity index (χ0) is 9.47. The third-order valence-corrected chi connectivity index (χ3v) is 2.09. The summed E-state index contributed by atoms with van der Waals surface area (Å²) in [5.41, 5.74) is 2.34. The van der Waals surface area contributed by atoms with Crippen molar-refractivity contribution in [2.24, 2.45) is 0 Å². The molecule has 3 nitrogen and oxygen atoms in total. The largest absolute Gasteiger partial charge is 0.217 e. The Balaban J connectivity index is 2.75. The molecule has 3 heteroatoms. The van der Waals surface area contributed by atoms with Gasteiger partial charge >= 0.3 is 0 Å². The van der Waals surface area contributed by atoms with Gasteiger partial charge < -0.3 is 0 Å². The molecule has 2 rings (SSSR count). The molecule has 2 heterocycles. The second kappa shape index (κ2) is 2.55. The zero-order valence-corrected chi connectivity index (χ0v) is 8.15. The van der Waals surface area contributed by atoms with Crippen molar-refractivity contribution in [3.05, 3.63) is 30.1 Å². The molecule has 0 aromatic carbocycles. The Bertz CT molecular complexity index is 423. The molecular formula is C10H13N3. The Morgan fingerprint density at radius 3 is 2.69 bits per heavy atom. The monoisotopic (exact) mass is 175 g/mol. The number of hydrogen-bond acceptors (Lipinski definition) is 2. The van der Waals surface area contributed by atoms with Crippen LogP contribution in [0.3, 0.4) is 0 Å². The number of aromatic nitrogens is 3. The molecule has 0 saturated heterocycles. The highest BCUT2D eigenvalue weighted by Gasteiger charge is 2.17. The van der Waals surface area contributed by atoms with Crippen LogP contribution in [-0.2, 0) is 5.41 Å². The van der Waals surface area contributed by atoms with Crippen molar-refractivity contribution in [3.63, 3.8) is 0 Å². The van der Waals surface area contributed by atoms with Crippen LogP contribution < -0.4 is 0 Å². The lowest BCUT2D eigenvalue weighted by Gasteiger charge is -2.19. The van der Waals surface area contributed by atoms with Crippen LogP contribution in [-0.4, -0.2) is 14.8 Å². The van der Waals surface area contributed by atoms with Crippen molar-refractivity contribution in [1.82, 2.24) is 14.8 Å². The standard InChI is InChI=1S/C10H13N3/c1-10(2,3)9-6-4-5-8-7-11-12-13(8)9/h4-7H,1-3H3. The first kappa shape index (κ1) is 8.23. The van der Waals surface area contributed by atoms with E-state index in [1.54, 1.807) is 6.20 Å². The van der Waals surface area contributed by atoms with E-state index in [0.29, 0.717) is 0 Å². The van der Waals surface area contributed by atoms with Gasteiger partial charge in [-0.3, -0.25) is 0 Å². The Kier molecular flexibility index (Phi) is 1.62. The van der Waals surface area contributed by atoms with Gasteiger partial charge in [0, 0.05) is 11.1 Å². The van der Waals surface area contributed by atoms with E-state index in [1.165, 1.54) is 5.69 Å². The molecule has 0 aliphatic heterocycles. The second-order valence-electron chi connectivity index (χ2n) is 4.23. The first-order valence-corrected chi connectivity index (χ1v) is 4.39. The molecule has 0 amide bonds. The SMILES string of the molecule is CC(C)(C)c1cccc2cnnn12. The average Bonchev–Trinajstić information content (AvgIpc) is 2.48. The van der Waals surface area contributed by atoms with Crippen LogP contribution >= 0.6 is 0 Å². The highest BCUT2D eigenvalue weighted by Crippen LogP contribution is 2.21. The van der Waals surface area contributed by atoms with Crippen LogP contribution in [0, 0.1) is 0 Å². The zero-order valence-electron chi connectivity index (χ0n) is 8.15. The van der Waals surface area contributed by atoms with Crippen molar-refractivity contribution in [3.8, 4) is 0 Å². The van der Waals surface area contributed by atoms with Gasteiger partial charge in [0.05, 0.1) is 11.7 Å². The molecular weight excluding hydrogens is 162 g/mol. The van der Waals surface area contributed by atoms with Gasteiger partial charge in [-0.2, -0.15) is 0 Å². The predicted molar refractivity (Wildman–Crippen MR) is 51.7 cm³/mol. The van der Waals surface area contributed by atoms with E-state index < -0.39 is 0 Å². The smallest absolute Gasteiger partial charge is 0.0868 e. The summed E-state index contributed by atoms with van der Waals surface area (Å²) >= 11 is 0. The third-order valence-electron chi connectivity index (χ3n) is 2.09. The quantitative estimate of drug-likeness (QED) is 0.613. The maximum atomic E-state index is 4.05. The molecule has 0 bridgehead atoms. The van der Waals surface area contributed by atoms with Crippen molar-refractivity contribution in [2.75, 3.05) is 0 Å². The third kappa shape index (κ3) is 1.30. The molecule has 0 radical (unpaired) electrons. The molecule has 68 valence electrons. The van der Waals surface area contributed by atoms with Crippen LogP contribution in [0.15, 0.2) is 24.4 Å². The highest BCUT2D eigenvalue weighted by molar-refractivity contribution is 5.44. The van der Waals surface area contributed by atoms with Gasteiger partial charge in [-0.05, 0) is 12.1 Å². The number of pyridine rings is 1.